The number of nitrogens with zero attached hydrogens (tertiary/aromatic N) is 2. The second kappa shape index (κ2) is 6.99. The van der Waals surface area contributed by atoms with Crippen LogP contribution in [0.1, 0.15) is 12.6 Å². The summed E-state index contributed by atoms with van der Waals surface area (Å²) in [4.78, 5) is 26.0. The zero-order valence-corrected chi connectivity index (χ0v) is 12.7. The first kappa shape index (κ1) is 17.3. The number of amides is 1. The van der Waals surface area contributed by atoms with Gasteiger partial charge in [-0.1, -0.05) is 0 Å². The van der Waals surface area contributed by atoms with E-state index in [2.05, 4.69) is 10.3 Å². The summed E-state index contributed by atoms with van der Waals surface area (Å²) in [6.45, 7) is 2.94. The SMILES string of the molecule is Cc1ccc(O[C@@H](C)C(=O)Nc2ccc(F)c(F)c2)c([N+](=O)[O-])n1. The van der Waals surface area contributed by atoms with Crippen LogP contribution >= 0.6 is 0 Å². The summed E-state index contributed by atoms with van der Waals surface area (Å²) in [7, 11) is 0. The summed E-state index contributed by atoms with van der Waals surface area (Å²) in [5.41, 5.74) is 0.457. The van der Waals surface area contributed by atoms with E-state index in [1.165, 1.54) is 25.1 Å². The molecule has 2 rings (SSSR count). The molecule has 1 amide bonds. The van der Waals surface area contributed by atoms with Crippen LogP contribution in [0.15, 0.2) is 30.3 Å². The van der Waals surface area contributed by atoms with Gasteiger partial charge in [-0.15, -0.1) is 0 Å². The molecule has 2 aromatic rings. The molecule has 1 aromatic heterocycles. The molecular weight excluding hydrogens is 324 g/mol. The number of rotatable bonds is 5. The van der Waals surface area contributed by atoms with Crippen LogP contribution in [-0.2, 0) is 4.79 Å². The maximum Gasteiger partial charge on any atom is 0.406 e. The van der Waals surface area contributed by atoms with Crippen LogP contribution in [0.25, 0.3) is 0 Å². The van der Waals surface area contributed by atoms with Gasteiger partial charge in [-0.05, 0) is 41.1 Å². The number of aryl methyl sites for hydroxylation is 1. The van der Waals surface area contributed by atoms with Gasteiger partial charge in [-0.2, -0.15) is 0 Å². The number of aromatic nitrogens is 1. The van der Waals surface area contributed by atoms with Crippen molar-refractivity contribution in [3.05, 3.63) is 57.8 Å². The number of halogens is 2. The first-order valence-electron chi connectivity index (χ1n) is 6.82. The highest BCUT2D eigenvalue weighted by molar-refractivity contribution is 5.94. The van der Waals surface area contributed by atoms with E-state index < -0.39 is 34.4 Å². The number of hydrogen-bond donors (Lipinski definition) is 1. The Hall–Kier alpha value is -3.10. The molecule has 1 aromatic carbocycles. The van der Waals surface area contributed by atoms with Gasteiger partial charge in [0.25, 0.3) is 5.91 Å². The van der Waals surface area contributed by atoms with Crippen molar-refractivity contribution >= 4 is 17.4 Å². The smallest absolute Gasteiger partial charge is 0.406 e. The number of anilines is 1. The van der Waals surface area contributed by atoms with Crippen LogP contribution in [0.3, 0.4) is 0 Å². The number of carbonyl (C=O) groups excluding carboxylic acids is 1. The van der Waals surface area contributed by atoms with Crippen molar-refractivity contribution in [1.29, 1.82) is 0 Å². The first-order valence-corrected chi connectivity index (χ1v) is 6.82. The van der Waals surface area contributed by atoms with Crippen LogP contribution < -0.4 is 10.1 Å². The standard InChI is InChI=1S/C15H13F2N3O4/c1-8-3-6-13(14(18-8)20(22)23)24-9(2)15(21)19-10-4-5-11(16)12(17)7-10/h3-7,9H,1-2H3,(H,19,21)/t9-/m0/s1. The monoisotopic (exact) mass is 337 g/mol. The fraction of sp³-hybridized carbons (Fsp3) is 0.200. The minimum Gasteiger partial charge on any atom is -0.473 e. The molecule has 0 aliphatic carbocycles. The van der Waals surface area contributed by atoms with Crippen LogP contribution in [0.4, 0.5) is 20.3 Å². The van der Waals surface area contributed by atoms with E-state index in [1.807, 2.05) is 0 Å². The fourth-order valence-electron chi connectivity index (χ4n) is 1.81. The molecule has 0 aliphatic rings. The van der Waals surface area contributed by atoms with Gasteiger partial charge >= 0.3 is 5.82 Å². The summed E-state index contributed by atoms with van der Waals surface area (Å²) in [5.74, 6) is -3.52. The molecule has 0 spiro atoms. The average Bonchev–Trinajstić information content (AvgIpc) is 2.52. The van der Waals surface area contributed by atoms with Crippen LogP contribution in [0, 0.1) is 28.7 Å². The number of ether oxygens (including phenoxy) is 1. The molecule has 0 saturated heterocycles. The number of pyridine rings is 1. The molecule has 7 nitrogen and oxygen atoms in total. The van der Waals surface area contributed by atoms with Crippen molar-refractivity contribution in [3.63, 3.8) is 0 Å². The lowest BCUT2D eigenvalue weighted by atomic mass is 10.2. The van der Waals surface area contributed by atoms with Crippen LogP contribution in [0.2, 0.25) is 0 Å². The summed E-state index contributed by atoms with van der Waals surface area (Å²) >= 11 is 0. The minimum absolute atomic E-state index is 0.0332. The summed E-state index contributed by atoms with van der Waals surface area (Å²) in [5, 5.41) is 13.3. The molecule has 126 valence electrons. The second-order valence-corrected chi connectivity index (χ2v) is 4.91. The van der Waals surface area contributed by atoms with Gasteiger partial charge in [-0.3, -0.25) is 4.79 Å². The van der Waals surface area contributed by atoms with Gasteiger partial charge in [0, 0.05) is 18.7 Å². The quantitative estimate of drug-likeness (QED) is 0.668. The van der Waals surface area contributed by atoms with Crippen molar-refractivity contribution in [2.75, 3.05) is 5.32 Å². The highest BCUT2D eigenvalue weighted by Gasteiger charge is 2.23. The van der Waals surface area contributed by atoms with E-state index in [-0.39, 0.29) is 11.4 Å². The van der Waals surface area contributed by atoms with Crippen LogP contribution in [0.5, 0.6) is 5.75 Å². The van der Waals surface area contributed by atoms with E-state index in [1.54, 1.807) is 6.92 Å². The zero-order chi connectivity index (χ0) is 17.9. The van der Waals surface area contributed by atoms with Gasteiger partial charge < -0.3 is 20.2 Å². The van der Waals surface area contributed by atoms with E-state index in [0.29, 0.717) is 5.69 Å². The molecule has 0 saturated carbocycles. The molecule has 0 bridgehead atoms. The lowest BCUT2D eigenvalue weighted by molar-refractivity contribution is -0.390. The third kappa shape index (κ3) is 4.00. The summed E-state index contributed by atoms with van der Waals surface area (Å²) < 4.78 is 31.2. The molecule has 0 unspecified atom stereocenters. The number of benzene rings is 1. The van der Waals surface area contributed by atoms with Gasteiger partial charge in [-0.25, -0.2) is 8.78 Å². The van der Waals surface area contributed by atoms with Crippen molar-refractivity contribution in [1.82, 2.24) is 4.98 Å². The topological polar surface area (TPSA) is 94.4 Å². The molecule has 1 N–H and O–H groups in total. The summed E-state index contributed by atoms with van der Waals surface area (Å²) in [6, 6.07) is 5.70. The van der Waals surface area contributed by atoms with Gasteiger partial charge in [0.05, 0.1) is 0 Å². The largest absolute Gasteiger partial charge is 0.473 e. The lowest BCUT2D eigenvalue weighted by Gasteiger charge is -2.14. The highest BCUT2D eigenvalue weighted by atomic mass is 19.2. The van der Waals surface area contributed by atoms with Gasteiger partial charge in [0.15, 0.2) is 17.7 Å². The molecule has 1 heterocycles. The Morgan fingerprint density at radius 2 is 2.00 bits per heavy atom. The van der Waals surface area contributed by atoms with E-state index in [9.17, 15) is 23.7 Å². The summed E-state index contributed by atoms with van der Waals surface area (Å²) in [6.07, 6.45) is -1.12. The predicted octanol–water partition coefficient (Wildman–Crippen LogP) is 2.98. The Morgan fingerprint density at radius 3 is 2.62 bits per heavy atom. The third-order valence-corrected chi connectivity index (χ3v) is 3.01. The van der Waals surface area contributed by atoms with E-state index >= 15 is 0 Å². The molecular formula is C15H13F2N3O4. The van der Waals surface area contributed by atoms with Gasteiger partial charge in [0.1, 0.15) is 5.69 Å². The van der Waals surface area contributed by atoms with Crippen molar-refractivity contribution in [2.24, 2.45) is 0 Å². The highest BCUT2D eigenvalue weighted by Crippen LogP contribution is 2.25. The molecule has 0 radical (unpaired) electrons. The van der Waals surface area contributed by atoms with E-state index in [0.717, 1.165) is 12.1 Å². The Bertz CT molecular complexity index is 798. The van der Waals surface area contributed by atoms with Crippen molar-refractivity contribution in [3.8, 4) is 5.75 Å². The van der Waals surface area contributed by atoms with Crippen molar-refractivity contribution in [2.45, 2.75) is 20.0 Å². The molecule has 0 aliphatic heterocycles. The number of nitro groups is 1. The average molecular weight is 337 g/mol. The second-order valence-electron chi connectivity index (χ2n) is 4.91. The van der Waals surface area contributed by atoms with Gasteiger partial charge in [0.2, 0.25) is 5.75 Å². The Morgan fingerprint density at radius 1 is 1.29 bits per heavy atom. The zero-order valence-electron chi connectivity index (χ0n) is 12.7. The molecule has 9 heteroatoms. The predicted molar refractivity (Wildman–Crippen MR) is 80.7 cm³/mol. The molecule has 0 fully saturated rings. The van der Waals surface area contributed by atoms with Crippen molar-refractivity contribution < 1.29 is 23.2 Å². The Kier molecular flexibility index (Phi) is 5.02. The molecule has 24 heavy (non-hydrogen) atoms. The maximum absolute atomic E-state index is 13.1. The number of hydrogen-bond acceptors (Lipinski definition) is 5. The third-order valence-electron chi connectivity index (χ3n) is 3.01. The van der Waals surface area contributed by atoms with Crippen LogP contribution in [-0.4, -0.2) is 21.9 Å². The normalized spacial score (nSPS) is 11.7. The first-order chi connectivity index (χ1) is 11.3. The number of nitrogens with one attached hydrogen (secondary N) is 1. The number of carbonyl (C=O) groups is 1. The minimum atomic E-state index is -1.12. The lowest BCUT2D eigenvalue weighted by Crippen LogP contribution is -2.30. The molecule has 1 atom stereocenters. The maximum atomic E-state index is 13.1. The Balaban J connectivity index is 2.11. The van der Waals surface area contributed by atoms with E-state index in [4.69, 9.17) is 4.74 Å². The fourth-order valence-corrected chi connectivity index (χ4v) is 1.81. The Labute approximate surface area is 135 Å².